The van der Waals surface area contributed by atoms with Gasteiger partial charge in [-0.05, 0) is 37.6 Å². The molecule has 0 atom stereocenters. The van der Waals surface area contributed by atoms with Crippen LogP contribution in [0.4, 0.5) is 5.69 Å². The van der Waals surface area contributed by atoms with Crippen LogP contribution in [0.3, 0.4) is 0 Å². The monoisotopic (exact) mass is 389 g/mol. The van der Waals surface area contributed by atoms with Crippen LogP contribution < -0.4 is 0 Å². The van der Waals surface area contributed by atoms with E-state index < -0.39 is 10.9 Å². The number of benzene rings is 1. The molecule has 0 radical (unpaired) electrons. The summed E-state index contributed by atoms with van der Waals surface area (Å²) >= 11 is 1.28. The van der Waals surface area contributed by atoms with E-state index in [1.54, 1.807) is 28.5 Å². The van der Waals surface area contributed by atoms with Crippen molar-refractivity contribution < 1.29 is 19.2 Å². The van der Waals surface area contributed by atoms with Crippen LogP contribution in [0.2, 0.25) is 0 Å². The Morgan fingerprint density at radius 1 is 1.33 bits per heavy atom. The molecule has 0 aliphatic rings. The molecule has 27 heavy (non-hydrogen) atoms. The van der Waals surface area contributed by atoms with Crippen LogP contribution >= 0.6 is 11.3 Å². The van der Waals surface area contributed by atoms with Crippen LogP contribution in [0.25, 0.3) is 6.08 Å². The highest BCUT2D eigenvalue weighted by Gasteiger charge is 2.18. The van der Waals surface area contributed by atoms with Gasteiger partial charge < -0.3 is 9.64 Å². The van der Waals surface area contributed by atoms with E-state index >= 15 is 0 Å². The quantitative estimate of drug-likeness (QED) is 0.312. The van der Waals surface area contributed by atoms with Gasteiger partial charge in [0, 0.05) is 29.6 Å². The molecule has 1 aromatic heterocycles. The Balaban J connectivity index is 2.09. The number of carbonyl (C=O) groups is 2. The molecule has 9 heteroatoms. The fourth-order valence-corrected chi connectivity index (χ4v) is 2.97. The Hall–Kier alpha value is -3.07. The first-order valence-corrected chi connectivity index (χ1v) is 8.95. The molecule has 8 nitrogen and oxygen atoms in total. The normalized spacial score (nSPS) is 11.0. The van der Waals surface area contributed by atoms with Gasteiger partial charge in [-0.25, -0.2) is 9.78 Å². The summed E-state index contributed by atoms with van der Waals surface area (Å²) in [4.78, 5) is 40.0. The third-order valence-electron chi connectivity index (χ3n) is 3.68. The summed E-state index contributed by atoms with van der Waals surface area (Å²) < 4.78 is 4.63. The molecule has 1 heterocycles. The number of non-ortho nitro benzene ring substituents is 1. The summed E-state index contributed by atoms with van der Waals surface area (Å²) in [6, 6.07) is 5.84. The Morgan fingerprint density at radius 3 is 2.56 bits per heavy atom. The van der Waals surface area contributed by atoms with E-state index in [9.17, 15) is 19.7 Å². The maximum absolute atomic E-state index is 12.6. The van der Waals surface area contributed by atoms with E-state index in [2.05, 4.69) is 9.72 Å². The third-order valence-corrected chi connectivity index (χ3v) is 4.51. The van der Waals surface area contributed by atoms with E-state index in [-0.39, 0.29) is 29.9 Å². The summed E-state index contributed by atoms with van der Waals surface area (Å²) in [5.41, 5.74) is 0.891. The molecule has 0 N–H and O–H groups in total. The van der Waals surface area contributed by atoms with Crippen molar-refractivity contribution in [2.24, 2.45) is 0 Å². The van der Waals surface area contributed by atoms with E-state index in [1.807, 2.05) is 13.8 Å². The number of carbonyl (C=O) groups excluding carboxylic acids is 2. The van der Waals surface area contributed by atoms with Gasteiger partial charge in [-0.1, -0.05) is 0 Å². The fourth-order valence-electron chi connectivity index (χ4n) is 2.21. The highest BCUT2D eigenvalue weighted by atomic mass is 32.1. The van der Waals surface area contributed by atoms with E-state index in [0.29, 0.717) is 10.6 Å². The third kappa shape index (κ3) is 5.45. The van der Waals surface area contributed by atoms with Crippen LogP contribution in [0.15, 0.2) is 35.7 Å². The minimum atomic E-state index is -0.516. The average Bonchev–Trinajstić information content (AvgIpc) is 3.12. The van der Waals surface area contributed by atoms with Gasteiger partial charge in [0.1, 0.15) is 5.01 Å². The number of hydrogen-bond acceptors (Lipinski definition) is 7. The molecule has 0 unspecified atom stereocenters. The number of thiazole rings is 1. The summed E-state index contributed by atoms with van der Waals surface area (Å²) in [7, 11) is 1.29. The number of amides is 1. The van der Waals surface area contributed by atoms with Crippen molar-refractivity contribution in [1.29, 1.82) is 0 Å². The molecule has 142 valence electrons. The zero-order valence-corrected chi connectivity index (χ0v) is 15.9. The zero-order chi connectivity index (χ0) is 20.0. The van der Waals surface area contributed by atoms with Crippen molar-refractivity contribution in [2.75, 3.05) is 7.11 Å². The first-order chi connectivity index (χ1) is 12.8. The maximum atomic E-state index is 12.6. The molecule has 0 bridgehead atoms. The predicted octanol–water partition coefficient (Wildman–Crippen LogP) is 3.29. The van der Waals surface area contributed by atoms with Gasteiger partial charge in [0.25, 0.3) is 5.69 Å². The van der Waals surface area contributed by atoms with E-state index in [4.69, 9.17) is 0 Å². The molecule has 0 spiro atoms. The number of esters is 1. The van der Waals surface area contributed by atoms with Crippen LogP contribution in [-0.4, -0.2) is 39.8 Å². The molecule has 0 saturated carbocycles. The smallest absolute Gasteiger partial charge is 0.357 e. The van der Waals surface area contributed by atoms with Gasteiger partial charge in [0.2, 0.25) is 5.91 Å². The molecule has 0 fully saturated rings. The van der Waals surface area contributed by atoms with Crippen molar-refractivity contribution >= 4 is 35.0 Å². The lowest BCUT2D eigenvalue weighted by molar-refractivity contribution is -0.384. The second-order valence-electron chi connectivity index (χ2n) is 5.86. The molecular formula is C18H19N3O5S. The number of nitro groups is 1. The van der Waals surface area contributed by atoms with Gasteiger partial charge >= 0.3 is 5.97 Å². The van der Waals surface area contributed by atoms with Crippen LogP contribution in [0, 0.1) is 10.1 Å². The highest BCUT2D eigenvalue weighted by Crippen LogP contribution is 2.16. The van der Waals surface area contributed by atoms with Gasteiger partial charge in [-0.3, -0.25) is 14.9 Å². The minimum Gasteiger partial charge on any atom is -0.464 e. The fraction of sp³-hybridized carbons (Fsp3) is 0.278. The SMILES string of the molecule is COC(=O)c1csc(CN(C(=O)C=Cc2ccc([N+](=O)[O-])cc2)C(C)C)n1. The maximum Gasteiger partial charge on any atom is 0.357 e. The molecular weight excluding hydrogens is 370 g/mol. The van der Waals surface area contributed by atoms with Gasteiger partial charge in [0.15, 0.2) is 5.69 Å². The summed E-state index contributed by atoms with van der Waals surface area (Å²) in [5, 5.41) is 12.9. The summed E-state index contributed by atoms with van der Waals surface area (Å²) in [6.07, 6.45) is 3.01. The van der Waals surface area contributed by atoms with Gasteiger partial charge in [-0.15, -0.1) is 11.3 Å². The average molecular weight is 389 g/mol. The number of hydrogen-bond donors (Lipinski definition) is 0. The van der Waals surface area contributed by atoms with Crippen molar-refractivity contribution in [1.82, 2.24) is 9.88 Å². The van der Waals surface area contributed by atoms with Crippen molar-refractivity contribution in [3.8, 4) is 0 Å². The van der Waals surface area contributed by atoms with E-state index in [0.717, 1.165) is 0 Å². The van der Waals surface area contributed by atoms with E-state index in [1.165, 1.54) is 36.7 Å². The molecule has 1 aromatic carbocycles. The van der Waals surface area contributed by atoms with Crippen molar-refractivity contribution in [3.63, 3.8) is 0 Å². The van der Waals surface area contributed by atoms with Crippen LogP contribution in [-0.2, 0) is 16.1 Å². The lowest BCUT2D eigenvalue weighted by Crippen LogP contribution is -2.35. The summed E-state index contributed by atoms with van der Waals surface area (Å²) in [5.74, 6) is -0.740. The molecule has 2 aromatic rings. The predicted molar refractivity (Wildman–Crippen MR) is 101 cm³/mol. The van der Waals surface area contributed by atoms with Crippen LogP contribution in [0.1, 0.15) is 34.9 Å². The Morgan fingerprint density at radius 2 is 2.00 bits per heavy atom. The van der Waals surface area contributed by atoms with Crippen molar-refractivity contribution in [2.45, 2.75) is 26.4 Å². The molecule has 0 aliphatic heterocycles. The molecule has 0 aliphatic carbocycles. The number of nitro benzene ring substituents is 1. The Kier molecular flexibility index (Phi) is 6.78. The first-order valence-electron chi connectivity index (χ1n) is 8.07. The number of rotatable bonds is 7. The molecule has 2 rings (SSSR count). The number of nitrogens with zero attached hydrogens (tertiary/aromatic N) is 3. The lowest BCUT2D eigenvalue weighted by Gasteiger charge is -2.24. The van der Waals surface area contributed by atoms with Crippen molar-refractivity contribution in [3.05, 3.63) is 62.1 Å². The van der Waals surface area contributed by atoms with Gasteiger partial charge in [-0.2, -0.15) is 0 Å². The second kappa shape index (κ2) is 9.04. The first kappa shape index (κ1) is 20.2. The zero-order valence-electron chi connectivity index (χ0n) is 15.1. The molecule has 0 saturated heterocycles. The standard InChI is InChI=1S/C18H19N3O5S/c1-12(2)20(10-16-19-15(11-27-16)18(23)26-3)17(22)9-6-13-4-7-14(8-5-13)21(24)25/h4-9,11-12H,10H2,1-3H3. The lowest BCUT2D eigenvalue weighted by atomic mass is 10.2. The van der Waals surface area contributed by atoms with Gasteiger partial charge in [0.05, 0.1) is 18.6 Å². The second-order valence-corrected chi connectivity index (χ2v) is 6.80. The number of ether oxygens (including phenoxy) is 1. The van der Waals surface area contributed by atoms with Crippen LogP contribution in [0.5, 0.6) is 0 Å². The summed E-state index contributed by atoms with van der Waals surface area (Å²) in [6.45, 7) is 4.03. The number of aromatic nitrogens is 1. The number of methoxy groups -OCH3 is 1. The minimum absolute atomic E-state index is 0.00698. The Bertz CT molecular complexity index is 858. The highest BCUT2D eigenvalue weighted by molar-refractivity contribution is 7.09. The largest absolute Gasteiger partial charge is 0.464 e. The molecule has 1 amide bonds. The Labute approximate surface area is 160 Å². The topological polar surface area (TPSA) is 103 Å².